The van der Waals surface area contributed by atoms with E-state index in [1.165, 1.54) is 0 Å². The Hall–Kier alpha value is 0.719. The van der Waals surface area contributed by atoms with Gasteiger partial charge in [-0.05, 0) is 0 Å². The Bertz CT molecular complexity index is 170. The third-order valence-electron chi connectivity index (χ3n) is 2.41. The molecule has 1 rings (SSSR count). The molecule has 0 saturated carbocycles. The fraction of sp³-hybridized carbons (Fsp3) is 1.00. The molecular formula is C10H22N2Sn. The summed E-state index contributed by atoms with van der Waals surface area (Å²) in [6.07, 6.45) is 0.659. The van der Waals surface area contributed by atoms with E-state index in [1.807, 2.05) is 0 Å². The first-order valence-electron chi connectivity index (χ1n) is 4.99. The Morgan fingerprint density at radius 1 is 0.846 bits per heavy atom. The first kappa shape index (κ1) is 11.8. The Labute approximate surface area is 93.6 Å². The van der Waals surface area contributed by atoms with Crippen molar-refractivity contribution in [1.82, 2.24) is 6.24 Å². The van der Waals surface area contributed by atoms with Gasteiger partial charge in [-0.25, -0.2) is 0 Å². The fourth-order valence-electron chi connectivity index (χ4n) is 1.76. The van der Waals surface area contributed by atoms with Crippen molar-refractivity contribution in [3.8, 4) is 0 Å². The first-order chi connectivity index (χ1) is 5.64. The number of rotatable bonds is 0. The molecule has 0 bridgehead atoms. The van der Waals surface area contributed by atoms with Crippen molar-refractivity contribution in [2.45, 2.75) is 65.7 Å². The summed E-state index contributed by atoms with van der Waals surface area (Å²) in [7, 11) is 0. The SMILES string of the molecule is CC1[N](C(C)(C)C)[Sn][N]1C(C)(C)C. The molecule has 0 aromatic carbocycles. The van der Waals surface area contributed by atoms with Gasteiger partial charge in [-0.1, -0.05) is 0 Å². The van der Waals surface area contributed by atoms with Crippen LogP contribution in [0.25, 0.3) is 0 Å². The molecule has 0 aliphatic carbocycles. The van der Waals surface area contributed by atoms with Crippen LogP contribution in [0.15, 0.2) is 0 Å². The summed E-state index contributed by atoms with van der Waals surface area (Å²) in [5.74, 6) is 0. The van der Waals surface area contributed by atoms with Gasteiger partial charge in [-0.3, -0.25) is 0 Å². The van der Waals surface area contributed by atoms with Crippen LogP contribution in [0, 0.1) is 0 Å². The van der Waals surface area contributed by atoms with Crippen molar-refractivity contribution in [1.29, 1.82) is 0 Å². The van der Waals surface area contributed by atoms with Crippen molar-refractivity contribution in [3.63, 3.8) is 0 Å². The van der Waals surface area contributed by atoms with Crippen LogP contribution in [0.4, 0.5) is 0 Å². The normalized spacial score (nSPS) is 23.3. The molecule has 1 saturated heterocycles. The molecule has 0 atom stereocenters. The van der Waals surface area contributed by atoms with Crippen LogP contribution in [-0.2, 0) is 0 Å². The minimum absolute atomic E-state index is 0.382. The van der Waals surface area contributed by atoms with Crippen LogP contribution < -0.4 is 0 Å². The monoisotopic (exact) mass is 290 g/mol. The Kier molecular flexibility index (Phi) is 3.07. The topological polar surface area (TPSA) is 6.48 Å². The Balaban J connectivity index is 2.58. The summed E-state index contributed by atoms with van der Waals surface area (Å²) >= 11 is -0.439. The summed E-state index contributed by atoms with van der Waals surface area (Å²) in [4.78, 5) is 0. The Morgan fingerprint density at radius 2 is 1.15 bits per heavy atom. The second kappa shape index (κ2) is 3.38. The molecule has 0 N–H and O–H groups in total. The van der Waals surface area contributed by atoms with Crippen LogP contribution in [0.1, 0.15) is 48.5 Å². The van der Waals surface area contributed by atoms with E-state index in [4.69, 9.17) is 0 Å². The summed E-state index contributed by atoms with van der Waals surface area (Å²) in [5, 5.41) is 0. The molecule has 2 radical (unpaired) electrons. The van der Waals surface area contributed by atoms with Gasteiger partial charge in [0, 0.05) is 0 Å². The zero-order valence-corrected chi connectivity index (χ0v) is 12.8. The minimum atomic E-state index is -0.439. The van der Waals surface area contributed by atoms with Crippen LogP contribution in [0.3, 0.4) is 0 Å². The van der Waals surface area contributed by atoms with Gasteiger partial charge in [0.2, 0.25) is 0 Å². The van der Waals surface area contributed by atoms with E-state index < -0.39 is 21.7 Å². The summed E-state index contributed by atoms with van der Waals surface area (Å²) in [5.41, 5.74) is 0.765. The number of hydrogen-bond acceptors (Lipinski definition) is 2. The second-order valence-electron chi connectivity index (χ2n) is 5.81. The van der Waals surface area contributed by atoms with Crippen molar-refractivity contribution < 1.29 is 0 Å². The van der Waals surface area contributed by atoms with E-state index in [0.717, 1.165) is 0 Å². The van der Waals surface area contributed by atoms with Gasteiger partial charge in [0.1, 0.15) is 0 Å². The molecule has 0 aromatic heterocycles. The van der Waals surface area contributed by atoms with E-state index in [9.17, 15) is 0 Å². The molecule has 0 aromatic rings. The van der Waals surface area contributed by atoms with Gasteiger partial charge in [-0.2, -0.15) is 0 Å². The average Bonchev–Trinajstić information content (AvgIpc) is 1.77. The van der Waals surface area contributed by atoms with Crippen LogP contribution in [-0.4, -0.2) is 45.2 Å². The molecule has 1 fully saturated rings. The Morgan fingerprint density at radius 3 is 1.31 bits per heavy atom. The van der Waals surface area contributed by atoms with E-state index in [2.05, 4.69) is 54.7 Å². The number of nitrogens with zero attached hydrogens (tertiary/aromatic N) is 2. The van der Waals surface area contributed by atoms with E-state index >= 15 is 0 Å². The van der Waals surface area contributed by atoms with Crippen molar-refractivity contribution >= 4 is 21.7 Å². The molecule has 2 nitrogen and oxygen atoms in total. The quantitative estimate of drug-likeness (QED) is 0.630. The molecule has 76 valence electrons. The summed E-state index contributed by atoms with van der Waals surface area (Å²) in [6.45, 7) is 16.3. The van der Waals surface area contributed by atoms with E-state index in [1.54, 1.807) is 0 Å². The molecule has 1 heterocycles. The van der Waals surface area contributed by atoms with Gasteiger partial charge < -0.3 is 0 Å². The van der Waals surface area contributed by atoms with Crippen LogP contribution >= 0.6 is 0 Å². The molecular weight excluding hydrogens is 267 g/mol. The average molecular weight is 289 g/mol. The molecule has 0 amide bonds. The molecule has 13 heavy (non-hydrogen) atoms. The summed E-state index contributed by atoms with van der Waals surface area (Å²) < 4.78 is 5.39. The molecule has 1 aliphatic rings. The van der Waals surface area contributed by atoms with E-state index in [-0.39, 0.29) is 0 Å². The standard InChI is InChI=1S/C10H22N2.Sn/c1-8(11-9(2,3)4)12-10(5,6)7;/h8H,1-7H3;/q-2;+2. The maximum atomic E-state index is 2.70. The number of hydrogen-bond donors (Lipinski definition) is 0. The van der Waals surface area contributed by atoms with Crippen LogP contribution in [0.5, 0.6) is 0 Å². The third-order valence-corrected chi connectivity index (χ3v) is 9.60. The van der Waals surface area contributed by atoms with Gasteiger partial charge in [0.15, 0.2) is 0 Å². The third kappa shape index (κ3) is 2.39. The van der Waals surface area contributed by atoms with Crippen molar-refractivity contribution in [2.75, 3.05) is 0 Å². The zero-order valence-electron chi connectivity index (χ0n) is 9.97. The van der Waals surface area contributed by atoms with Crippen molar-refractivity contribution in [2.24, 2.45) is 0 Å². The molecule has 0 unspecified atom stereocenters. The maximum absolute atomic E-state index is 2.70. The van der Waals surface area contributed by atoms with Gasteiger partial charge >= 0.3 is 93.6 Å². The molecule has 1 aliphatic heterocycles. The molecule has 3 heteroatoms. The second-order valence-corrected chi connectivity index (χ2v) is 9.13. The van der Waals surface area contributed by atoms with Gasteiger partial charge in [0.05, 0.1) is 0 Å². The fourth-order valence-corrected chi connectivity index (χ4v) is 5.27. The van der Waals surface area contributed by atoms with Gasteiger partial charge in [-0.15, -0.1) is 0 Å². The van der Waals surface area contributed by atoms with Crippen LogP contribution in [0.2, 0.25) is 0 Å². The van der Waals surface area contributed by atoms with Crippen molar-refractivity contribution in [3.05, 3.63) is 0 Å². The molecule has 0 spiro atoms. The predicted octanol–water partition coefficient (Wildman–Crippen LogP) is 2.08. The first-order valence-corrected chi connectivity index (χ1v) is 7.54. The summed E-state index contributed by atoms with van der Waals surface area (Å²) in [6, 6.07) is 0. The van der Waals surface area contributed by atoms with E-state index in [0.29, 0.717) is 17.2 Å². The van der Waals surface area contributed by atoms with Gasteiger partial charge in [0.25, 0.3) is 0 Å². The zero-order chi connectivity index (χ0) is 10.4. The predicted molar refractivity (Wildman–Crippen MR) is 58.4 cm³/mol.